The molecule has 0 aromatic rings. The molecule has 1 aliphatic heterocycles. The van der Waals surface area contributed by atoms with E-state index in [0.29, 0.717) is 17.9 Å². The van der Waals surface area contributed by atoms with Crippen LogP contribution in [0.1, 0.15) is 71.6 Å². The molecule has 2 N–H and O–H groups in total. The van der Waals surface area contributed by atoms with E-state index in [1.54, 1.807) is 0 Å². The molecular weight excluding hydrogens is 260 g/mol. The molecule has 1 heterocycles. The Morgan fingerprint density at radius 2 is 2.00 bits per heavy atom. The third kappa shape index (κ3) is 4.70. The second-order valence-electron chi connectivity index (χ2n) is 7.39. The third-order valence-electron chi connectivity index (χ3n) is 5.71. The Hall–Kier alpha value is -0.570. The van der Waals surface area contributed by atoms with E-state index >= 15 is 0 Å². The average molecular weight is 294 g/mol. The van der Waals surface area contributed by atoms with Gasteiger partial charge < -0.3 is 10.6 Å². The molecule has 0 radical (unpaired) electrons. The summed E-state index contributed by atoms with van der Waals surface area (Å²) in [7, 11) is 0. The predicted molar refractivity (Wildman–Crippen MR) is 87.9 cm³/mol. The van der Waals surface area contributed by atoms with Gasteiger partial charge in [-0.25, -0.2) is 0 Å². The predicted octanol–water partition coefficient (Wildman–Crippen LogP) is 3.57. The lowest BCUT2D eigenvalue weighted by atomic mass is 9.78. The molecule has 0 aromatic heterocycles. The van der Waals surface area contributed by atoms with Crippen molar-refractivity contribution in [3.8, 4) is 0 Å². The van der Waals surface area contributed by atoms with Gasteiger partial charge in [-0.15, -0.1) is 0 Å². The van der Waals surface area contributed by atoms with E-state index in [4.69, 9.17) is 5.73 Å². The molecule has 1 saturated heterocycles. The highest BCUT2D eigenvalue weighted by atomic mass is 16.2. The van der Waals surface area contributed by atoms with E-state index in [-0.39, 0.29) is 5.92 Å². The molecule has 3 nitrogen and oxygen atoms in total. The largest absolute Gasteiger partial charge is 0.342 e. The lowest BCUT2D eigenvalue weighted by Crippen LogP contribution is -2.41. The Bertz CT molecular complexity index is 331. The molecule has 4 unspecified atom stereocenters. The van der Waals surface area contributed by atoms with Crippen molar-refractivity contribution in [3.63, 3.8) is 0 Å². The summed E-state index contributed by atoms with van der Waals surface area (Å²) in [4.78, 5) is 15.0. The Morgan fingerprint density at radius 3 is 2.71 bits per heavy atom. The van der Waals surface area contributed by atoms with Gasteiger partial charge in [0.1, 0.15) is 0 Å². The van der Waals surface area contributed by atoms with Gasteiger partial charge in [0.05, 0.1) is 0 Å². The summed E-state index contributed by atoms with van der Waals surface area (Å²) in [6, 6.07) is 0.317. The monoisotopic (exact) mass is 294 g/mol. The maximum Gasteiger partial charge on any atom is 0.225 e. The zero-order valence-electron chi connectivity index (χ0n) is 14.0. The summed E-state index contributed by atoms with van der Waals surface area (Å²) in [6.07, 6.45) is 10.9. The average Bonchev–Trinajstić information content (AvgIpc) is 2.72. The first-order valence-corrected chi connectivity index (χ1v) is 9.16. The van der Waals surface area contributed by atoms with Gasteiger partial charge in [0.2, 0.25) is 5.91 Å². The van der Waals surface area contributed by atoms with Crippen LogP contribution in [0.2, 0.25) is 0 Å². The maximum atomic E-state index is 12.8. The molecular formula is C18H34N2O. The van der Waals surface area contributed by atoms with E-state index in [2.05, 4.69) is 18.7 Å². The van der Waals surface area contributed by atoms with Crippen molar-refractivity contribution in [3.05, 3.63) is 0 Å². The Balaban J connectivity index is 1.86. The van der Waals surface area contributed by atoms with Gasteiger partial charge >= 0.3 is 0 Å². The molecule has 122 valence electrons. The van der Waals surface area contributed by atoms with Crippen LogP contribution in [0.5, 0.6) is 0 Å². The minimum Gasteiger partial charge on any atom is -0.342 e. The van der Waals surface area contributed by atoms with Crippen molar-refractivity contribution in [1.82, 2.24) is 4.90 Å². The number of nitrogens with zero attached hydrogens (tertiary/aromatic N) is 1. The SMILES string of the molecule is CCCC1CCCN(C(=O)C(C)C2CCCC(N)C2)CC1. The summed E-state index contributed by atoms with van der Waals surface area (Å²) in [5, 5.41) is 0. The molecule has 1 amide bonds. The van der Waals surface area contributed by atoms with Gasteiger partial charge in [-0.2, -0.15) is 0 Å². The van der Waals surface area contributed by atoms with Crippen LogP contribution in [0.15, 0.2) is 0 Å². The van der Waals surface area contributed by atoms with Crippen molar-refractivity contribution < 1.29 is 4.79 Å². The van der Waals surface area contributed by atoms with Crippen LogP contribution in [0.4, 0.5) is 0 Å². The topological polar surface area (TPSA) is 46.3 Å². The zero-order valence-corrected chi connectivity index (χ0v) is 14.0. The Morgan fingerprint density at radius 1 is 1.19 bits per heavy atom. The van der Waals surface area contributed by atoms with E-state index in [1.807, 2.05) is 0 Å². The minimum atomic E-state index is 0.166. The van der Waals surface area contributed by atoms with Crippen molar-refractivity contribution >= 4 is 5.91 Å². The fraction of sp³-hybridized carbons (Fsp3) is 0.944. The van der Waals surface area contributed by atoms with Crippen molar-refractivity contribution in [2.75, 3.05) is 13.1 Å². The number of hydrogen-bond acceptors (Lipinski definition) is 2. The van der Waals surface area contributed by atoms with Crippen LogP contribution in [-0.4, -0.2) is 29.9 Å². The molecule has 0 aromatic carbocycles. The highest BCUT2D eigenvalue weighted by Gasteiger charge is 2.31. The molecule has 0 bridgehead atoms. The molecule has 2 rings (SSSR count). The minimum absolute atomic E-state index is 0.166. The summed E-state index contributed by atoms with van der Waals surface area (Å²) in [5.74, 6) is 1.91. The van der Waals surface area contributed by atoms with Crippen molar-refractivity contribution in [1.29, 1.82) is 0 Å². The third-order valence-corrected chi connectivity index (χ3v) is 5.71. The van der Waals surface area contributed by atoms with Crippen LogP contribution in [0, 0.1) is 17.8 Å². The molecule has 2 fully saturated rings. The van der Waals surface area contributed by atoms with E-state index < -0.39 is 0 Å². The number of amides is 1. The smallest absolute Gasteiger partial charge is 0.225 e. The van der Waals surface area contributed by atoms with Crippen LogP contribution >= 0.6 is 0 Å². The number of carbonyl (C=O) groups is 1. The first-order valence-electron chi connectivity index (χ1n) is 9.16. The molecule has 0 spiro atoms. The van der Waals surface area contributed by atoms with Crippen LogP contribution in [0.3, 0.4) is 0 Å². The van der Waals surface area contributed by atoms with E-state index in [0.717, 1.165) is 31.8 Å². The van der Waals surface area contributed by atoms with Gasteiger partial charge in [0.15, 0.2) is 0 Å². The van der Waals surface area contributed by atoms with Crippen LogP contribution in [0.25, 0.3) is 0 Å². The quantitative estimate of drug-likeness (QED) is 0.861. The van der Waals surface area contributed by atoms with Crippen molar-refractivity contribution in [2.45, 2.75) is 77.7 Å². The summed E-state index contributed by atoms with van der Waals surface area (Å²) >= 11 is 0. The fourth-order valence-corrected chi connectivity index (χ4v) is 4.29. The van der Waals surface area contributed by atoms with Crippen molar-refractivity contribution in [2.24, 2.45) is 23.5 Å². The highest BCUT2D eigenvalue weighted by molar-refractivity contribution is 5.78. The van der Waals surface area contributed by atoms with Gasteiger partial charge in [0, 0.05) is 25.0 Å². The number of hydrogen-bond donors (Lipinski definition) is 1. The molecule has 3 heteroatoms. The van der Waals surface area contributed by atoms with Gasteiger partial charge in [-0.1, -0.05) is 33.1 Å². The molecule has 2 aliphatic rings. The second-order valence-corrected chi connectivity index (χ2v) is 7.39. The second kappa shape index (κ2) is 8.17. The number of rotatable bonds is 4. The van der Waals surface area contributed by atoms with E-state index in [1.165, 1.54) is 44.9 Å². The first-order chi connectivity index (χ1) is 10.1. The Kier molecular flexibility index (Phi) is 6.53. The zero-order chi connectivity index (χ0) is 15.2. The summed E-state index contributed by atoms with van der Waals surface area (Å²) < 4.78 is 0. The van der Waals surface area contributed by atoms with Gasteiger partial charge in [-0.05, 0) is 50.4 Å². The van der Waals surface area contributed by atoms with Crippen LogP contribution in [-0.2, 0) is 4.79 Å². The van der Waals surface area contributed by atoms with E-state index in [9.17, 15) is 4.79 Å². The maximum absolute atomic E-state index is 12.8. The van der Waals surface area contributed by atoms with Gasteiger partial charge in [-0.3, -0.25) is 4.79 Å². The highest BCUT2D eigenvalue weighted by Crippen LogP contribution is 2.31. The molecule has 4 atom stereocenters. The fourth-order valence-electron chi connectivity index (χ4n) is 4.29. The summed E-state index contributed by atoms with van der Waals surface area (Å²) in [6.45, 7) is 6.36. The number of carbonyl (C=O) groups excluding carboxylic acids is 1. The standard InChI is InChI=1S/C18H34N2O/c1-3-6-15-7-5-11-20(12-10-15)18(21)14(2)16-8-4-9-17(19)13-16/h14-17H,3-13,19H2,1-2H3. The first kappa shape index (κ1) is 16.8. The van der Waals surface area contributed by atoms with Gasteiger partial charge in [0.25, 0.3) is 0 Å². The molecule has 21 heavy (non-hydrogen) atoms. The molecule has 1 saturated carbocycles. The number of likely N-dealkylation sites (tertiary alicyclic amines) is 1. The molecule has 1 aliphatic carbocycles. The normalized spacial score (nSPS) is 32.5. The Labute approximate surface area is 130 Å². The lowest BCUT2D eigenvalue weighted by Gasteiger charge is -2.33. The summed E-state index contributed by atoms with van der Waals surface area (Å²) in [5.41, 5.74) is 6.09. The lowest BCUT2D eigenvalue weighted by molar-refractivity contribution is -0.137. The van der Waals surface area contributed by atoms with Crippen LogP contribution < -0.4 is 5.73 Å². The number of nitrogens with two attached hydrogens (primary N) is 1.